The summed E-state index contributed by atoms with van der Waals surface area (Å²) in [5.41, 5.74) is 1.69. The molecule has 0 bridgehead atoms. The molecule has 1 saturated heterocycles. The van der Waals surface area contributed by atoms with Gasteiger partial charge >= 0.3 is 5.97 Å². The van der Waals surface area contributed by atoms with Crippen LogP contribution in [0.25, 0.3) is 0 Å². The monoisotopic (exact) mass is 327 g/mol. The lowest BCUT2D eigenvalue weighted by molar-refractivity contribution is -0.136. The number of rotatable bonds is 5. The zero-order valence-electron chi connectivity index (χ0n) is 13.7. The molecule has 1 N–H and O–H groups in total. The summed E-state index contributed by atoms with van der Waals surface area (Å²) in [6.07, 6.45) is 7.74. The van der Waals surface area contributed by atoms with Crippen LogP contribution in [0.1, 0.15) is 42.4 Å². The number of hydrogen-bond donors (Lipinski definition) is 1. The number of aryl methyl sites for hydroxylation is 2. The minimum atomic E-state index is -0.806. The Bertz CT molecular complexity index is 707. The average molecular weight is 327 g/mol. The highest BCUT2D eigenvalue weighted by Gasteiger charge is 2.25. The van der Waals surface area contributed by atoms with Crippen molar-refractivity contribution in [3.63, 3.8) is 0 Å². The van der Waals surface area contributed by atoms with Crippen LogP contribution in [-0.4, -0.2) is 44.1 Å². The molecule has 1 atom stereocenters. The summed E-state index contributed by atoms with van der Waals surface area (Å²) in [6.45, 7) is 3.69. The Hall–Kier alpha value is -2.57. The molecule has 2 aromatic heterocycles. The summed E-state index contributed by atoms with van der Waals surface area (Å²) in [7, 11) is 0. The van der Waals surface area contributed by atoms with Crippen LogP contribution in [0, 0.1) is 6.92 Å². The van der Waals surface area contributed by atoms with Crippen LogP contribution < -0.4 is 4.90 Å². The van der Waals surface area contributed by atoms with Crippen LogP contribution >= 0.6 is 0 Å². The molecule has 0 radical (unpaired) electrons. The van der Waals surface area contributed by atoms with E-state index in [0.717, 1.165) is 49.0 Å². The quantitative estimate of drug-likeness (QED) is 0.897. The molecule has 0 saturated carbocycles. The van der Waals surface area contributed by atoms with E-state index in [-0.39, 0.29) is 12.3 Å². The van der Waals surface area contributed by atoms with E-state index >= 15 is 0 Å². The first-order valence-electron chi connectivity index (χ1n) is 8.19. The van der Waals surface area contributed by atoms with Gasteiger partial charge in [-0.2, -0.15) is 0 Å². The van der Waals surface area contributed by atoms with E-state index in [4.69, 9.17) is 5.11 Å². The minimum absolute atomic E-state index is 0.0896. The van der Waals surface area contributed by atoms with Gasteiger partial charge < -0.3 is 10.0 Å². The molecule has 0 unspecified atom stereocenters. The second-order valence-corrected chi connectivity index (χ2v) is 6.10. The number of piperidine rings is 1. The Morgan fingerprint density at radius 2 is 2.25 bits per heavy atom. The lowest BCUT2D eigenvalue weighted by Gasteiger charge is -2.32. The number of carboxylic acids is 1. The fourth-order valence-corrected chi connectivity index (χ4v) is 3.05. The van der Waals surface area contributed by atoms with Crippen LogP contribution in [0.5, 0.6) is 0 Å². The number of nitrogens with zero attached hydrogens (tertiary/aromatic N) is 5. The summed E-state index contributed by atoms with van der Waals surface area (Å²) in [4.78, 5) is 30.7. The molecule has 3 heterocycles. The van der Waals surface area contributed by atoms with Gasteiger partial charge in [-0.1, -0.05) is 0 Å². The normalized spacial score (nSPS) is 17.7. The van der Waals surface area contributed by atoms with Gasteiger partial charge in [-0.05, 0) is 25.8 Å². The highest BCUT2D eigenvalue weighted by molar-refractivity contribution is 5.66. The van der Waals surface area contributed by atoms with E-state index in [1.54, 1.807) is 18.6 Å². The van der Waals surface area contributed by atoms with Gasteiger partial charge in [-0.3, -0.25) is 9.78 Å². The SMILES string of the molecule is Cc1cc(CCC(=O)O)nc([C@@H]2CCCN(c3cnccn3)C2)n1. The first-order valence-corrected chi connectivity index (χ1v) is 8.19. The van der Waals surface area contributed by atoms with Crippen molar-refractivity contribution in [3.05, 3.63) is 41.9 Å². The van der Waals surface area contributed by atoms with Gasteiger partial charge in [-0.15, -0.1) is 0 Å². The van der Waals surface area contributed by atoms with Crippen molar-refractivity contribution in [3.8, 4) is 0 Å². The summed E-state index contributed by atoms with van der Waals surface area (Å²) < 4.78 is 0. The van der Waals surface area contributed by atoms with E-state index in [0.29, 0.717) is 6.42 Å². The largest absolute Gasteiger partial charge is 0.481 e. The molecule has 126 valence electrons. The van der Waals surface area contributed by atoms with Crippen molar-refractivity contribution in [1.82, 2.24) is 19.9 Å². The molecular weight excluding hydrogens is 306 g/mol. The first kappa shape index (κ1) is 16.3. The number of aromatic nitrogens is 4. The maximum Gasteiger partial charge on any atom is 0.303 e. The van der Waals surface area contributed by atoms with Crippen molar-refractivity contribution < 1.29 is 9.90 Å². The molecule has 2 aromatic rings. The van der Waals surface area contributed by atoms with Crippen LogP contribution in [0.4, 0.5) is 5.82 Å². The highest BCUT2D eigenvalue weighted by atomic mass is 16.4. The summed E-state index contributed by atoms with van der Waals surface area (Å²) >= 11 is 0. The Morgan fingerprint density at radius 3 is 3.00 bits per heavy atom. The number of aliphatic carboxylic acids is 1. The van der Waals surface area contributed by atoms with Gasteiger partial charge in [0.2, 0.25) is 0 Å². The predicted octanol–water partition coefficient (Wildman–Crippen LogP) is 1.98. The third-order valence-corrected chi connectivity index (χ3v) is 4.18. The molecule has 1 fully saturated rings. The van der Waals surface area contributed by atoms with E-state index in [9.17, 15) is 4.79 Å². The zero-order chi connectivity index (χ0) is 16.9. The van der Waals surface area contributed by atoms with Crippen molar-refractivity contribution in [2.75, 3.05) is 18.0 Å². The third kappa shape index (κ3) is 4.04. The molecule has 1 aliphatic rings. The molecule has 0 amide bonds. The smallest absolute Gasteiger partial charge is 0.303 e. The van der Waals surface area contributed by atoms with E-state index in [2.05, 4.69) is 24.8 Å². The van der Waals surface area contributed by atoms with Crippen molar-refractivity contribution in [1.29, 1.82) is 0 Å². The summed E-state index contributed by atoms with van der Waals surface area (Å²) in [5.74, 6) is 1.11. The molecule has 24 heavy (non-hydrogen) atoms. The Morgan fingerprint density at radius 1 is 1.38 bits per heavy atom. The Labute approximate surface area is 140 Å². The maximum absolute atomic E-state index is 10.8. The second-order valence-electron chi connectivity index (χ2n) is 6.10. The number of anilines is 1. The van der Waals surface area contributed by atoms with Gasteiger partial charge in [0.05, 0.1) is 12.6 Å². The number of carbonyl (C=O) groups is 1. The highest BCUT2D eigenvalue weighted by Crippen LogP contribution is 2.27. The standard InChI is InChI=1S/C17H21N5O2/c1-12-9-14(4-5-16(23)24)21-17(20-12)13-3-2-8-22(11-13)15-10-18-6-7-19-15/h6-7,9-10,13H,2-5,8,11H2,1H3,(H,23,24)/t13-/m1/s1. The minimum Gasteiger partial charge on any atom is -0.481 e. The molecule has 3 rings (SSSR count). The van der Waals surface area contributed by atoms with E-state index in [1.165, 1.54) is 0 Å². The molecular formula is C17H21N5O2. The maximum atomic E-state index is 10.8. The van der Waals surface area contributed by atoms with Gasteiger partial charge in [0, 0.05) is 49.2 Å². The molecule has 0 aliphatic carbocycles. The second kappa shape index (κ2) is 7.33. The van der Waals surface area contributed by atoms with Gasteiger partial charge in [0.1, 0.15) is 11.6 Å². The van der Waals surface area contributed by atoms with E-state index < -0.39 is 5.97 Å². The summed E-state index contributed by atoms with van der Waals surface area (Å²) in [6, 6.07) is 1.87. The number of carboxylic acid groups (broad SMARTS) is 1. The van der Waals surface area contributed by atoms with Crippen LogP contribution in [-0.2, 0) is 11.2 Å². The van der Waals surface area contributed by atoms with Crippen molar-refractivity contribution in [2.24, 2.45) is 0 Å². The van der Waals surface area contributed by atoms with Gasteiger partial charge in [0.25, 0.3) is 0 Å². The lowest BCUT2D eigenvalue weighted by Crippen LogP contribution is -2.35. The molecule has 7 heteroatoms. The third-order valence-electron chi connectivity index (χ3n) is 4.18. The fraction of sp³-hybridized carbons (Fsp3) is 0.471. The van der Waals surface area contributed by atoms with Crippen molar-refractivity contribution >= 4 is 11.8 Å². The van der Waals surface area contributed by atoms with Crippen LogP contribution in [0.2, 0.25) is 0 Å². The predicted molar refractivity (Wildman–Crippen MR) is 88.9 cm³/mol. The average Bonchev–Trinajstić information content (AvgIpc) is 2.60. The van der Waals surface area contributed by atoms with Gasteiger partial charge in [-0.25, -0.2) is 15.0 Å². The number of hydrogen-bond acceptors (Lipinski definition) is 6. The van der Waals surface area contributed by atoms with Crippen LogP contribution in [0.3, 0.4) is 0 Å². The molecule has 1 aliphatic heterocycles. The topological polar surface area (TPSA) is 92.1 Å². The molecule has 7 nitrogen and oxygen atoms in total. The lowest BCUT2D eigenvalue weighted by atomic mass is 9.97. The first-order chi connectivity index (χ1) is 11.6. The Balaban J connectivity index is 1.76. The van der Waals surface area contributed by atoms with Gasteiger partial charge in [0.15, 0.2) is 0 Å². The zero-order valence-corrected chi connectivity index (χ0v) is 13.7. The summed E-state index contributed by atoms with van der Waals surface area (Å²) in [5, 5.41) is 8.86. The van der Waals surface area contributed by atoms with Crippen molar-refractivity contribution in [2.45, 2.75) is 38.5 Å². The fourth-order valence-electron chi connectivity index (χ4n) is 3.05. The molecule has 0 aromatic carbocycles. The van der Waals surface area contributed by atoms with Crippen LogP contribution in [0.15, 0.2) is 24.7 Å². The Kier molecular flexibility index (Phi) is 4.98. The van der Waals surface area contributed by atoms with E-state index in [1.807, 2.05) is 13.0 Å². The molecule has 0 spiro atoms.